The van der Waals surface area contributed by atoms with E-state index in [9.17, 15) is 0 Å². The summed E-state index contributed by atoms with van der Waals surface area (Å²) in [5.74, 6) is 0. The Morgan fingerprint density at radius 3 is 2.86 bits per heavy atom. The molecule has 1 heterocycles. The molecule has 0 aliphatic rings. The molecule has 2 atom stereocenters. The molecule has 0 aliphatic heterocycles. The third kappa shape index (κ3) is 3.64. The Labute approximate surface area is 93.2 Å². The van der Waals surface area contributed by atoms with Crippen LogP contribution in [0.3, 0.4) is 0 Å². The Kier molecular flexibility index (Phi) is 4.35. The number of rotatable bonds is 4. The minimum absolute atomic E-state index is 0.220. The van der Waals surface area contributed by atoms with E-state index in [-0.39, 0.29) is 6.04 Å². The number of hydrogen-bond donors (Lipinski definition) is 2. The number of anilines is 1. The highest BCUT2D eigenvalue weighted by molar-refractivity contribution is 9.10. The topological polar surface area (TPSA) is 50.9 Å². The first-order valence-corrected chi connectivity index (χ1v) is 5.50. The van der Waals surface area contributed by atoms with Gasteiger partial charge in [0, 0.05) is 24.5 Å². The van der Waals surface area contributed by atoms with Crippen molar-refractivity contribution in [1.29, 1.82) is 0 Å². The fraction of sp³-hybridized carbons (Fsp3) is 0.500. The molecule has 14 heavy (non-hydrogen) atoms. The Morgan fingerprint density at radius 1 is 1.57 bits per heavy atom. The lowest BCUT2D eigenvalue weighted by molar-refractivity contribution is 0.605. The summed E-state index contributed by atoms with van der Waals surface area (Å²) in [5, 5.41) is 3.37. The summed E-state index contributed by atoms with van der Waals surface area (Å²) in [7, 11) is 0. The largest absolute Gasteiger partial charge is 0.382 e. The summed E-state index contributed by atoms with van der Waals surface area (Å²) in [6.07, 6.45) is 4.50. The van der Waals surface area contributed by atoms with Gasteiger partial charge in [-0.1, -0.05) is 0 Å². The predicted octanol–water partition coefficient (Wildman–Crippen LogP) is 2.38. The van der Waals surface area contributed by atoms with Crippen molar-refractivity contribution in [3.8, 4) is 0 Å². The zero-order valence-corrected chi connectivity index (χ0v) is 10.1. The van der Waals surface area contributed by atoms with Crippen LogP contribution in [0.2, 0.25) is 0 Å². The highest BCUT2D eigenvalue weighted by atomic mass is 79.9. The van der Waals surface area contributed by atoms with Crippen molar-refractivity contribution in [3.05, 3.63) is 22.9 Å². The number of nitrogens with one attached hydrogen (secondary N) is 1. The molecule has 3 N–H and O–H groups in total. The highest BCUT2D eigenvalue weighted by Gasteiger charge is 2.06. The zero-order valence-electron chi connectivity index (χ0n) is 8.50. The Bertz CT molecular complexity index is 288. The summed E-state index contributed by atoms with van der Waals surface area (Å²) >= 11 is 3.43. The van der Waals surface area contributed by atoms with E-state index in [1.807, 2.05) is 13.0 Å². The second-order valence-corrected chi connectivity index (χ2v) is 4.47. The second kappa shape index (κ2) is 5.32. The molecular formula is C10H16BrN3. The van der Waals surface area contributed by atoms with Crippen LogP contribution in [0.1, 0.15) is 20.3 Å². The molecule has 1 aromatic heterocycles. The van der Waals surface area contributed by atoms with Crippen LogP contribution >= 0.6 is 15.9 Å². The van der Waals surface area contributed by atoms with Crippen LogP contribution < -0.4 is 11.1 Å². The maximum Gasteiger partial charge on any atom is 0.0590 e. The highest BCUT2D eigenvalue weighted by Crippen LogP contribution is 2.21. The van der Waals surface area contributed by atoms with Gasteiger partial charge in [0.15, 0.2) is 0 Å². The predicted molar refractivity (Wildman–Crippen MR) is 63.3 cm³/mol. The van der Waals surface area contributed by atoms with Crippen LogP contribution in [0, 0.1) is 0 Å². The molecule has 0 amide bonds. The quantitative estimate of drug-likeness (QED) is 0.871. The fourth-order valence-electron chi connectivity index (χ4n) is 1.37. The molecule has 78 valence electrons. The molecule has 0 fully saturated rings. The molecule has 0 radical (unpaired) electrons. The lowest BCUT2D eigenvalue weighted by Gasteiger charge is -2.17. The summed E-state index contributed by atoms with van der Waals surface area (Å²) in [6, 6.07) is 2.54. The smallest absolute Gasteiger partial charge is 0.0590 e. The van der Waals surface area contributed by atoms with Gasteiger partial charge in [0.1, 0.15) is 0 Å². The molecule has 0 saturated carbocycles. The van der Waals surface area contributed by atoms with E-state index >= 15 is 0 Å². The summed E-state index contributed by atoms with van der Waals surface area (Å²) in [4.78, 5) is 4.00. The third-order valence-electron chi connectivity index (χ3n) is 1.90. The van der Waals surface area contributed by atoms with E-state index in [1.165, 1.54) is 0 Å². The molecular weight excluding hydrogens is 242 g/mol. The normalized spacial score (nSPS) is 14.9. The van der Waals surface area contributed by atoms with Gasteiger partial charge in [0.05, 0.1) is 10.2 Å². The zero-order chi connectivity index (χ0) is 10.6. The first-order chi connectivity index (χ1) is 6.59. The van der Waals surface area contributed by atoms with Crippen molar-refractivity contribution < 1.29 is 0 Å². The van der Waals surface area contributed by atoms with E-state index in [4.69, 9.17) is 5.73 Å². The lowest BCUT2D eigenvalue weighted by Crippen LogP contribution is -2.26. The number of pyridine rings is 1. The van der Waals surface area contributed by atoms with Crippen molar-refractivity contribution in [2.75, 3.05) is 5.32 Å². The maximum absolute atomic E-state index is 5.72. The van der Waals surface area contributed by atoms with Gasteiger partial charge in [-0.25, -0.2) is 0 Å². The fourth-order valence-corrected chi connectivity index (χ4v) is 1.74. The summed E-state index contributed by atoms with van der Waals surface area (Å²) in [5.41, 5.74) is 6.78. The van der Waals surface area contributed by atoms with Crippen molar-refractivity contribution in [2.45, 2.75) is 32.4 Å². The second-order valence-electron chi connectivity index (χ2n) is 3.61. The first kappa shape index (κ1) is 11.5. The van der Waals surface area contributed by atoms with E-state index < -0.39 is 0 Å². The van der Waals surface area contributed by atoms with Crippen LogP contribution in [0.25, 0.3) is 0 Å². The minimum Gasteiger partial charge on any atom is -0.382 e. The lowest BCUT2D eigenvalue weighted by atomic mass is 10.1. The Hall–Kier alpha value is -0.610. The minimum atomic E-state index is 0.220. The average molecular weight is 258 g/mol. The number of halogens is 1. The van der Waals surface area contributed by atoms with Gasteiger partial charge in [-0.05, 0) is 42.3 Å². The Morgan fingerprint density at radius 2 is 2.29 bits per heavy atom. The van der Waals surface area contributed by atoms with E-state index in [1.54, 1.807) is 12.4 Å². The molecule has 0 saturated heterocycles. The van der Waals surface area contributed by atoms with E-state index in [0.717, 1.165) is 16.6 Å². The van der Waals surface area contributed by atoms with Gasteiger partial charge >= 0.3 is 0 Å². The summed E-state index contributed by atoms with van der Waals surface area (Å²) < 4.78 is 0.983. The maximum atomic E-state index is 5.72. The molecule has 0 spiro atoms. The van der Waals surface area contributed by atoms with Gasteiger partial charge in [-0.3, -0.25) is 4.98 Å². The Balaban J connectivity index is 2.56. The molecule has 3 nitrogen and oxygen atoms in total. The van der Waals surface area contributed by atoms with Crippen LogP contribution in [-0.4, -0.2) is 17.1 Å². The van der Waals surface area contributed by atoms with Gasteiger partial charge in [-0.15, -0.1) is 0 Å². The monoisotopic (exact) mass is 257 g/mol. The van der Waals surface area contributed by atoms with E-state index in [2.05, 4.69) is 33.2 Å². The average Bonchev–Trinajstić information content (AvgIpc) is 2.07. The molecule has 0 aliphatic carbocycles. The van der Waals surface area contributed by atoms with Gasteiger partial charge in [-0.2, -0.15) is 0 Å². The van der Waals surface area contributed by atoms with Crippen LogP contribution in [-0.2, 0) is 0 Å². The van der Waals surface area contributed by atoms with Crippen molar-refractivity contribution in [3.63, 3.8) is 0 Å². The van der Waals surface area contributed by atoms with Crippen LogP contribution in [0.4, 0.5) is 5.69 Å². The first-order valence-electron chi connectivity index (χ1n) is 4.71. The SMILES string of the molecule is CC(N)CC(C)Nc1ccncc1Br. The van der Waals surface area contributed by atoms with Crippen LogP contribution in [0.15, 0.2) is 22.9 Å². The van der Waals surface area contributed by atoms with Crippen LogP contribution in [0.5, 0.6) is 0 Å². The molecule has 4 heteroatoms. The standard InChI is InChI=1S/C10H16BrN3/c1-7(12)5-8(2)14-10-3-4-13-6-9(10)11/h3-4,6-8H,5,12H2,1-2H3,(H,13,14). The van der Waals surface area contributed by atoms with Crippen molar-refractivity contribution in [2.24, 2.45) is 5.73 Å². The third-order valence-corrected chi connectivity index (χ3v) is 2.53. The number of aromatic nitrogens is 1. The van der Waals surface area contributed by atoms with Crippen molar-refractivity contribution >= 4 is 21.6 Å². The number of nitrogens with zero attached hydrogens (tertiary/aromatic N) is 1. The molecule has 1 rings (SSSR count). The van der Waals surface area contributed by atoms with E-state index in [0.29, 0.717) is 6.04 Å². The van der Waals surface area contributed by atoms with Gasteiger partial charge < -0.3 is 11.1 Å². The molecule has 0 bridgehead atoms. The van der Waals surface area contributed by atoms with Gasteiger partial charge in [0.2, 0.25) is 0 Å². The van der Waals surface area contributed by atoms with Crippen molar-refractivity contribution in [1.82, 2.24) is 4.98 Å². The number of nitrogens with two attached hydrogens (primary N) is 1. The summed E-state index contributed by atoms with van der Waals surface area (Å²) in [6.45, 7) is 4.13. The molecule has 2 unspecified atom stereocenters. The molecule has 1 aromatic rings. The van der Waals surface area contributed by atoms with Gasteiger partial charge in [0.25, 0.3) is 0 Å². The molecule has 0 aromatic carbocycles. The number of hydrogen-bond acceptors (Lipinski definition) is 3.